The second-order valence-corrected chi connectivity index (χ2v) is 6.87. The maximum atomic E-state index is 12.9. The second-order valence-electron chi connectivity index (χ2n) is 6.87. The number of nitrogens with zero attached hydrogens (tertiary/aromatic N) is 2. The van der Waals surface area contributed by atoms with E-state index in [-0.39, 0.29) is 24.4 Å². The van der Waals surface area contributed by atoms with Gasteiger partial charge in [-0.2, -0.15) is 13.2 Å². The molecule has 1 aromatic carbocycles. The number of carbonyl (C=O) groups is 2. The summed E-state index contributed by atoms with van der Waals surface area (Å²) in [5.41, 5.74) is 1.63. The van der Waals surface area contributed by atoms with Crippen LogP contribution in [0.15, 0.2) is 52.4 Å². The van der Waals surface area contributed by atoms with Crippen LogP contribution < -0.4 is 5.32 Å². The van der Waals surface area contributed by atoms with Crippen LogP contribution in [0.2, 0.25) is 0 Å². The highest BCUT2D eigenvalue weighted by atomic mass is 19.4. The zero-order valence-electron chi connectivity index (χ0n) is 18.1. The Hall–Kier alpha value is -2.90. The second kappa shape index (κ2) is 10.8. The molecule has 0 aliphatic heterocycles. The summed E-state index contributed by atoms with van der Waals surface area (Å²) in [4.78, 5) is 30.0. The Balaban J connectivity index is 2.95. The number of halogens is 3. The number of allylic oxidation sites excluding steroid dienone is 3. The fourth-order valence-electron chi connectivity index (χ4n) is 2.74. The number of carbonyl (C=O) groups excluding carboxylic acids is 2. The van der Waals surface area contributed by atoms with Crippen LogP contribution in [-0.2, 0) is 22.2 Å². The molecule has 0 unspecified atom stereocenters. The van der Waals surface area contributed by atoms with Gasteiger partial charge in [0.25, 0.3) is 5.91 Å². The summed E-state index contributed by atoms with van der Waals surface area (Å²) in [5, 5.41) is 2.71. The molecular weight excluding hydrogens is 395 g/mol. The minimum atomic E-state index is -4.39. The van der Waals surface area contributed by atoms with Crippen LogP contribution in [0.25, 0.3) is 0 Å². The number of hydrogen-bond donors (Lipinski definition) is 1. The third kappa shape index (κ3) is 7.17. The molecule has 2 amide bonds. The third-order valence-electron chi connectivity index (χ3n) is 4.46. The molecule has 0 aliphatic carbocycles. The normalized spacial score (nSPS) is 13.6. The van der Waals surface area contributed by atoms with E-state index in [1.807, 2.05) is 0 Å². The maximum Gasteiger partial charge on any atom is 0.416 e. The van der Waals surface area contributed by atoms with Crippen molar-refractivity contribution in [2.45, 2.75) is 53.6 Å². The zero-order chi connectivity index (χ0) is 23.1. The van der Waals surface area contributed by atoms with Gasteiger partial charge < -0.3 is 10.2 Å². The van der Waals surface area contributed by atoms with Gasteiger partial charge in [0.2, 0.25) is 5.91 Å². The van der Waals surface area contributed by atoms with Crippen molar-refractivity contribution in [1.29, 1.82) is 0 Å². The van der Waals surface area contributed by atoms with E-state index in [1.54, 1.807) is 46.8 Å². The molecule has 0 atom stereocenters. The highest BCUT2D eigenvalue weighted by molar-refractivity contribution is 5.98. The highest BCUT2D eigenvalue weighted by Gasteiger charge is 2.30. The molecule has 0 radical (unpaired) electrons. The molecule has 1 aromatic rings. The Morgan fingerprint density at radius 3 is 2.37 bits per heavy atom. The molecule has 1 N–H and O–H groups in total. The molecule has 0 fully saturated rings. The standard InChI is InChI=1S/C22H28F3N3O2/c1-7-19(28(6)20(29)8-2)21(30)27-16(5)15(4)26-14(3)12-17-10-9-11-18(13-17)22(23,24)25/h7,9-11,13H,8,12H2,1-6H3,(H,27,30)/b16-15+,19-7-,26-14?. The first kappa shape index (κ1) is 25.1. The predicted molar refractivity (Wildman–Crippen MR) is 112 cm³/mol. The van der Waals surface area contributed by atoms with E-state index in [1.165, 1.54) is 18.0 Å². The molecule has 0 aliphatic rings. The van der Waals surface area contributed by atoms with Crippen LogP contribution in [0.3, 0.4) is 0 Å². The Morgan fingerprint density at radius 1 is 1.20 bits per heavy atom. The molecule has 0 heterocycles. The molecule has 0 aromatic heterocycles. The minimum absolute atomic E-state index is 0.188. The van der Waals surface area contributed by atoms with Gasteiger partial charge in [-0.1, -0.05) is 31.2 Å². The number of benzene rings is 1. The van der Waals surface area contributed by atoms with E-state index in [9.17, 15) is 22.8 Å². The minimum Gasteiger partial charge on any atom is -0.323 e. The SMILES string of the molecule is C/C=C(/C(=O)N/C(C)=C(\C)N=C(C)Cc1cccc(C(F)(F)F)c1)N(C)C(=O)CC. The van der Waals surface area contributed by atoms with Crippen LogP contribution >= 0.6 is 0 Å². The lowest BCUT2D eigenvalue weighted by Crippen LogP contribution is -2.35. The van der Waals surface area contributed by atoms with Crippen molar-refractivity contribution in [3.63, 3.8) is 0 Å². The first-order valence-corrected chi connectivity index (χ1v) is 9.52. The van der Waals surface area contributed by atoms with Crippen LogP contribution in [0, 0.1) is 0 Å². The Morgan fingerprint density at radius 2 is 1.83 bits per heavy atom. The van der Waals surface area contributed by atoms with Gasteiger partial charge >= 0.3 is 6.18 Å². The van der Waals surface area contributed by atoms with Gasteiger partial charge in [0.1, 0.15) is 5.70 Å². The molecule has 5 nitrogen and oxygen atoms in total. The van der Waals surface area contributed by atoms with E-state index in [4.69, 9.17) is 0 Å². The number of hydrogen-bond acceptors (Lipinski definition) is 3. The smallest absolute Gasteiger partial charge is 0.323 e. The predicted octanol–water partition coefficient (Wildman–Crippen LogP) is 4.85. The molecule has 30 heavy (non-hydrogen) atoms. The van der Waals surface area contributed by atoms with Gasteiger partial charge in [-0.05, 0) is 39.3 Å². The van der Waals surface area contributed by atoms with Crippen molar-refractivity contribution in [2.75, 3.05) is 7.05 Å². The first-order chi connectivity index (χ1) is 13.9. The fraction of sp³-hybridized carbons (Fsp3) is 0.409. The van der Waals surface area contributed by atoms with Crippen LogP contribution in [0.4, 0.5) is 13.2 Å². The number of nitrogens with one attached hydrogen (secondary N) is 1. The highest BCUT2D eigenvalue weighted by Crippen LogP contribution is 2.29. The van der Waals surface area contributed by atoms with Gasteiger partial charge in [-0.25, -0.2) is 0 Å². The number of aliphatic imine (C=N–C) groups is 1. The van der Waals surface area contributed by atoms with E-state index >= 15 is 0 Å². The quantitative estimate of drug-likeness (QED) is 0.503. The lowest BCUT2D eigenvalue weighted by atomic mass is 10.1. The van der Waals surface area contributed by atoms with Gasteiger partial charge in [0.05, 0.1) is 11.3 Å². The molecule has 1 rings (SSSR count). The average molecular weight is 423 g/mol. The number of alkyl halides is 3. The summed E-state index contributed by atoms with van der Waals surface area (Å²) in [5.74, 6) is -0.629. The molecule has 0 saturated carbocycles. The largest absolute Gasteiger partial charge is 0.416 e. The number of rotatable bonds is 7. The monoisotopic (exact) mass is 423 g/mol. The van der Waals surface area contributed by atoms with Crippen molar-refractivity contribution >= 4 is 17.5 Å². The van der Waals surface area contributed by atoms with Crippen LogP contribution in [-0.4, -0.2) is 29.5 Å². The third-order valence-corrected chi connectivity index (χ3v) is 4.46. The molecular formula is C22H28F3N3O2. The van der Waals surface area contributed by atoms with Crippen molar-refractivity contribution in [1.82, 2.24) is 10.2 Å². The molecule has 8 heteroatoms. The summed E-state index contributed by atoms with van der Waals surface area (Å²) in [6.07, 6.45) is -2.33. The summed E-state index contributed by atoms with van der Waals surface area (Å²) in [6.45, 7) is 8.45. The summed E-state index contributed by atoms with van der Waals surface area (Å²) < 4.78 is 38.6. The zero-order valence-corrected chi connectivity index (χ0v) is 18.1. The fourth-order valence-corrected chi connectivity index (χ4v) is 2.74. The van der Waals surface area contributed by atoms with E-state index < -0.39 is 17.6 Å². The first-order valence-electron chi connectivity index (χ1n) is 9.52. The van der Waals surface area contributed by atoms with Crippen LogP contribution in [0.1, 0.15) is 52.2 Å². The van der Waals surface area contributed by atoms with Crippen molar-refractivity contribution in [3.05, 3.63) is 58.6 Å². The van der Waals surface area contributed by atoms with E-state index in [0.29, 0.717) is 22.7 Å². The Kier molecular flexibility index (Phi) is 9.01. The molecule has 164 valence electrons. The summed E-state index contributed by atoms with van der Waals surface area (Å²) >= 11 is 0. The van der Waals surface area contributed by atoms with E-state index in [0.717, 1.165) is 12.1 Å². The van der Waals surface area contributed by atoms with Crippen molar-refractivity contribution in [2.24, 2.45) is 4.99 Å². The summed E-state index contributed by atoms with van der Waals surface area (Å²) in [6, 6.07) is 5.11. The van der Waals surface area contributed by atoms with Gasteiger partial charge in [0.15, 0.2) is 0 Å². The summed E-state index contributed by atoms with van der Waals surface area (Å²) in [7, 11) is 1.53. The van der Waals surface area contributed by atoms with Crippen LogP contribution in [0.5, 0.6) is 0 Å². The Labute approximate surface area is 175 Å². The number of likely N-dealkylation sites (N-methyl/N-ethyl adjacent to an activating group) is 1. The lowest BCUT2D eigenvalue weighted by molar-refractivity contribution is -0.137. The number of amides is 2. The van der Waals surface area contributed by atoms with Crippen molar-refractivity contribution < 1.29 is 22.8 Å². The van der Waals surface area contributed by atoms with Gasteiger partial charge in [0, 0.05) is 31.3 Å². The average Bonchev–Trinajstić information content (AvgIpc) is 2.66. The molecule has 0 saturated heterocycles. The molecule has 0 spiro atoms. The van der Waals surface area contributed by atoms with Gasteiger partial charge in [-0.3, -0.25) is 14.6 Å². The Bertz CT molecular complexity index is 884. The topological polar surface area (TPSA) is 61.8 Å². The van der Waals surface area contributed by atoms with Crippen molar-refractivity contribution in [3.8, 4) is 0 Å². The molecule has 0 bridgehead atoms. The van der Waals surface area contributed by atoms with Gasteiger partial charge in [-0.15, -0.1) is 0 Å². The lowest BCUT2D eigenvalue weighted by Gasteiger charge is -2.20. The maximum absolute atomic E-state index is 12.9. The van der Waals surface area contributed by atoms with E-state index in [2.05, 4.69) is 10.3 Å².